The van der Waals surface area contributed by atoms with Crippen LogP contribution in [0.2, 0.25) is 5.02 Å². The first-order valence-corrected chi connectivity index (χ1v) is 7.26. The Kier molecular flexibility index (Phi) is 7.32. The van der Waals surface area contributed by atoms with Crippen LogP contribution in [0.25, 0.3) is 0 Å². The Labute approximate surface area is 131 Å². The second kappa shape index (κ2) is 8.74. The Hall–Kier alpha value is -1.46. The maximum absolute atomic E-state index is 11.5. The van der Waals surface area contributed by atoms with Crippen LogP contribution in [0.1, 0.15) is 18.4 Å². The summed E-state index contributed by atoms with van der Waals surface area (Å²) in [6.07, 6.45) is 1.75. The second-order valence-electron chi connectivity index (χ2n) is 4.88. The molecule has 0 bridgehead atoms. The SMILES string of the molecule is COc1cc(Cl)cc(CCN)c1OCCCC(=O)N(C)C. The van der Waals surface area contributed by atoms with E-state index >= 15 is 0 Å². The summed E-state index contributed by atoms with van der Waals surface area (Å²) < 4.78 is 11.1. The van der Waals surface area contributed by atoms with Gasteiger partial charge in [0.25, 0.3) is 0 Å². The molecule has 0 aromatic heterocycles. The molecule has 2 N–H and O–H groups in total. The van der Waals surface area contributed by atoms with Crippen LogP contribution >= 0.6 is 11.6 Å². The third kappa shape index (κ3) is 5.44. The Balaban J connectivity index is 2.70. The van der Waals surface area contributed by atoms with Gasteiger partial charge in [0.2, 0.25) is 5.91 Å². The summed E-state index contributed by atoms with van der Waals surface area (Å²) in [5.74, 6) is 1.33. The van der Waals surface area contributed by atoms with Crippen LogP contribution in [-0.2, 0) is 11.2 Å². The zero-order chi connectivity index (χ0) is 15.8. The number of nitrogens with two attached hydrogens (primary N) is 1. The van der Waals surface area contributed by atoms with E-state index in [1.165, 1.54) is 0 Å². The predicted octanol–water partition coefficient (Wildman–Crippen LogP) is 2.10. The Bertz CT molecular complexity index is 478. The monoisotopic (exact) mass is 314 g/mol. The van der Waals surface area contributed by atoms with Crippen molar-refractivity contribution in [1.82, 2.24) is 4.90 Å². The molecule has 1 amide bonds. The van der Waals surface area contributed by atoms with E-state index in [1.807, 2.05) is 6.07 Å². The minimum atomic E-state index is 0.0869. The van der Waals surface area contributed by atoms with Crippen molar-refractivity contribution < 1.29 is 14.3 Å². The molecule has 0 radical (unpaired) electrons. The molecular weight excluding hydrogens is 292 g/mol. The number of carbonyl (C=O) groups excluding carboxylic acids is 1. The van der Waals surface area contributed by atoms with Gasteiger partial charge in [0.05, 0.1) is 13.7 Å². The van der Waals surface area contributed by atoms with Gasteiger partial charge in [-0.05, 0) is 25.5 Å². The number of carbonyl (C=O) groups is 1. The van der Waals surface area contributed by atoms with Crippen molar-refractivity contribution in [3.8, 4) is 11.5 Å². The molecule has 1 aromatic carbocycles. The molecule has 0 heterocycles. The molecule has 21 heavy (non-hydrogen) atoms. The number of methoxy groups -OCH3 is 1. The highest BCUT2D eigenvalue weighted by molar-refractivity contribution is 6.30. The van der Waals surface area contributed by atoms with Crippen molar-refractivity contribution >= 4 is 17.5 Å². The fourth-order valence-corrected chi connectivity index (χ4v) is 2.13. The lowest BCUT2D eigenvalue weighted by atomic mass is 10.1. The number of amides is 1. The van der Waals surface area contributed by atoms with Crippen LogP contribution in [0.4, 0.5) is 0 Å². The first-order valence-electron chi connectivity index (χ1n) is 6.89. The van der Waals surface area contributed by atoms with Gasteiger partial charge in [0, 0.05) is 37.2 Å². The fraction of sp³-hybridized carbons (Fsp3) is 0.533. The molecule has 6 heteroatoms. The lowest BCUT2D eigenvalue weighted by molar-refractivity contribution is -0.128. The highest BCUT2D eigenvalue weighted by atomic mass is 35.5. The number of hydrogen-bond acceptors (Lipinski definition) is 4. The van der Waals surface area contributed by atoms with Gasteiger partial charge in [0.15, 0.2) is 11.5 Å². The number of halogens is 1. The molecule has 0 spiro atoms. The van der Waals surface area contributed by atoms with E-state index in [9.17, 15) is 4.79 Å². The quantitative estimate of drug-likeness (QED) is 0.746. The topological polar surface area (TPSA) is 64.8 Å². The van der Waals surface area contributed by atoms with Crippen molar-refractivity contribution in [1.29, 1.82) is 0 Å². The third-order valence-electron chi connectivity index (χ3n) is 3.01. The number of rotatable bonds is 8. The highest BCUT2D eigenvalue weighted by Gasteiger charge is 2.13. The van der Waals surface area contributed by atoms with Gasteiger partial charge in [-0.3, -0.25) is 4.79 Å². The first kappa shape index (κ1) is 17.6. The van der Waals surface area contributed by atoms with Gasteiger partial charge in [-0.15, -0.1) is 0 Å². The average molecular weight is 315 g/mol. The highest BCUT2D eigenvalue weighted by Crippen LogP contribution is 2.35. The van der Waals surface area contributed by atoms with E-state index in [0.29, 0.717) is 48.9 Å². The van der Waals surface area contributed by atoms with Crippen LogP contribution in [0.15, 0.2) is 12.1 Å². The van der Waals surface area contributed by atoms with Crippen molar-refractivity contribution in [3.63, 3.8) is 0 Å². The maximum Gasteiger partial charge on any atom is 0.222 e. The largest absolute Gasteiger partial charge is 0.493 e. The van der Waals surface area contributed by atoms with Crippen LogP contribution in [0.5, 0.6) is 11.5 Å². The van der Waals surface area contributed by atoms with Gasteiger partial charge >= 0.3 is 0 Å². The maximum atomic E-state index is 11.5. The van der Waals surface area contributed by atoms with Crippen LogP contribution < -0.4 is 15.2 Å². The minimum Gasteiger partial charge on any atom is -0.493 e. The molecule has 0 saturated carbocycles. The number of nitrogens with zero attached hydrogens (tertiary/aromatic N) is 1. The Morgan fingerprint density at radius 1 is 1.38 bits per heavy atom. The van der Waals surface area contributed by atoms with Gasteiger partial charge in [-0.25, -0.2) is 0 Å². The van der Waals surface area contributed by atoms with E-state index in [1.54, 1.807) is 32.2 Å². The predicted molar refractivity (Wildman–Crippen MR) is 84.2 cm³/mol. The van der Waals surface area contributed by atoms with Crippen LogP contribution in [-0.4, -0.2) is 45.2 Å². The smallest absolute Gasteiger partial charge is 0.222 e. The summed E-state index contributed by atoms with van der Waals surface area (Å²) in [5.41, 5.74) is 6.53. The van der Waals surface area contributed by atoms with Crippen molar-refractivity contribution in [3.05, 3.63) is 22.7 Å². The summed E-state index contributed by atoms with van der Waals surface area (Å²) in [5, 5.41) is 0.588. The third-order valence-corrected chi connectivity index (χ3v) is 3.23. The standard InChI is InChI=1S/C15H23ClN2O3/c1-18(2)14(19)5-4-8-21-15-11(6-7-17)9-12(16)10-13(15)20-3/h9-10H,4-8,17H2,1-3H3. The minimum absolute atomic E-state index is 0.0869. The van der Waals surface area contributed by atoms with Gasteiger partial charge in [0.1, 0.15) is 0 Å². The molecule has 0 atom stereocenters. The first-order chi connectivity index (χ1) is 9.99. The zero-order valence-electron chi connectivity index (χ0n) is 12.8. The van der Waals surface area contributed by atoms with Crippen molar-refractivity contribution in [2.45, 2.75) is 19.3 Å². The van der Waals surface area contributed by atoms with Crippen LogP contribution in [0, 0.1) is 0 Å². The number of ether oxygens (including phenoxy) is 2. The molecule has 0 fully saturated rings. The second-order valence-corrected chi connectivity index (χ2v) is 5.31. The van der Waals surface area contributed by atoms with E-state index in [2.05, 4.69) is 0 Å². The molecule has 0 unspecified atom stereocenters. The molecular formula is C15H23ClN2O3. The normalized spacial score (nSPS) is 10.3. The fourth-order valence-electron chi connectivity index (χ4n) is 1.90. The number of hydrogen-bond donors (Lipinski definition) is 1. The summed E-state index contributed by atoms with van der Waals surface area (Å²) >= 11 is 6.05. The molecule has 118 valence electrons. The lowest BCUT2D eigenvalue weighted by Gasteiger charge is -2.16. The molecule has 5 nitrogen and oxygen atoms in total. The van der Waals surface area contributed by atoms with E-state index in [0.717, 1.165) is 5.56 Å². The van der Waals surface area contributed by atoms with Crippen LogP contribution in [0.3, 0.4) is 0 Å². The molecule has 0 saturated heterocycles. The molecule has 0 aliphatic rings. The molecule has 0 aliphatic heterocycles. The Morgan fingerprint density at radius 2 is 2.10 bits per heavy atom. The van der Waals surface area contributed by atoms with E-state index < -0.39 is 0 Å². The van der Waals surface area contributed by atoms with Gasteiger partial charge in [-0.1, -0.05) is 11.6 Å². The summed E-state index contributed by atoms with van der Waals surface area (Å²) in [4.78, 5) is 13.1. The van der Waals surface area contributed by atoms with E-state index in [4.69, 9.17) is 26.8 Å². The molecule has 1 rings (SSSR count). The average Bonchev–Trinajstić information content (AvgIpc) is 2.44. The van der Waals surface area contributed by atoms with E-state index in [-0.39, 0.29) is 5.91 Å². The van der Waals surface area contributed by atoms with Crippen molar-refractivity contribution in [2.75, 3.05) is 34.4 Å². The summed E-state index contributed by atoms with van der Waals surface area (Å²) in [6, 6.07) is 3.54. The van der Waals surface area contributed by atoms with Gasteiger partial charge in [-0.2, -0.15) is 0 Å². The molecule has 1 aromatic rings. The number of benzene rings is 1. The lowest BCUT2D eigenvalue weighted by Crippen LogP contribution is -2.21. The zero-order valence-corrected chi connectivity index (χ0v) is 13.6. The molecule has 0 aliphatic carbocycles. The van der Waals surface area contributed by atoms with Crippen molar-refractivity contribution in [2.24, 2.45) is 5.73 Å². The summed E-state index contributed by atoms with van der Waals surface area (Å²) in [7, 11) is 5.05. The Morgan fingerprint density at radius 3 is 2.67 bits per heavy atom. The van der Waals surface area contributed by atoms with Gasteiger partial charge < -0.3 is 20.1 Å². The summed E-state index contributed by atoms with van der Waals surface area (Å²) in [6.45, 7) is 0.939.